The number of nitrogens with two attached hydrogens (primary N) is 1. The van der Waals surface area contributed by atoms with E-state index in [0.717, 1.165) is 11.3 Å². The molecule has 1 aromatic heterocycles. The first-order chi connectivity index (χ1) is 8.28. The molecule has 1 aromatic carbocycles. The number of hydrogen-bond donors (Lipinski definition) is 1. The molecule has 0 aliphatic rings. The summed E-state index contributed by atoms with van der Waals surface area (Å²) in [4.78, 5) is 0. The fourth-order valence-corrected chi connectivity index (χ4v) is 1.53. The zero-order valence-corrected chi connectivity index (χ0v) is 11.0. The average molecular weight is 271 g/mol. The summed E-state index contributed by atoms with van der Waals surface area (Å²) in [6.45, 7) is 0.358. The van der Waals surface area contributed by atoms with Gasteiger partial charge < -0.3 is 19.7 Å². The van der Waals surface area contributed by atoms with Crippen molar-refractivity contribution in [3.05, 3.63) is 30.0 Å². The zero-order valence-electron chi connectivity index (χ0n) is 10.2. The molecule has 98 valence electrons. The summed E-state index contributed by atoms with van der Waals surface area (Å²) in [6, 6.07) is 7.34. The molecule has 0 saturated carbocycles. The lowest BCUT2D eigenvalue weighted by Gasteiger charge is -2.07. The third-order valence-corrected chi connectivity index (χ3v) is 2.44. The van der Waals surface area contributed by atoms with Gasteiger partial charge in [-0.2, -0.15) is 0 Å². The Balaban J connectivity index is 0.00000162. The molecule has 2 rings (SSSR count). The summed E-state index contributed by atoms with van der Waals surface area (Å²) >= 11 is 0. The molecule has 0 unspecified atom stereocenters. The maximum atomic E-state index is 5.48. The summed E-state index contributed by atoms with van der Waals surface area (Å²) in [5.74, 6) is 1.98. The van der Waals surface area contributed by atoms with E-state index in [-0.39, 0.29) is 12.4 Å². The topological polar surface area (TPSA) is 70.5 Å². The van der Waals surface area contributed by atoms with Gasteiger partial charge in [-0.1, -0.05) is 5.16 Å². The van der Waals surface area contributed by atoms with Crippen LogP contribution in [0.1, 0.15) is 5.69 Å². The first-order valence-corrected chi connectivity index (χ1v) is 5.16. The van der Waals surface area contributed by atoms with Crippen molar-refractivity contribution in [2.45, 2.75) is 6.54 Å². The number of halogens is 1. The van der Waals surface area contributed by atoms with Gasteiger partial charge in [0.15, 0.2) is 17.3 Å². The van der Waals surface area contributed by atoms with E-state index in [1.54, 1.807) is 20.3 Å². The van der Waals surface area contributed by atoms with Crippen molar-refractivity contribution in [2.75, 3.05) is 14.2 Å². The minimum atomic E-state index is 0. The molecule has 0 amide bonds. The zero-order chi connectivity index (χ0) is 12.3. The van der Waals surface area contributed by atoms with Crippen molar-refractivity contribution in [3.8, 4) is 22.8 Å². The highest BCUT2D eigenvalue weighted by atomic mass is 35.5. The molecule has 0 atom stereocenters. The van der Waals surface area contributed by atoms with E-state index in [1.807, 2.05) is 18.2 Å². The van der Waals surface area contributed by atoms with Crippen LogP contribution in [0.15, 0.2) is 28.8 Å². The molecule has 0 aliphatic carbocycles. The number of rotatable bonds is 4. The molecule has 5 nitrogen and oxygen atoms in total. The molecular formula is C12H15ClN2O3. The van der Waals surface area contributed by atoms with E-state index in [4.69, 9.17) is 19.7 Å². The molecule has 6 heteroatoms. The Morgan fingerprint density at radius 2 is 1.89 bits per heavy atom. The van der Waals surface area contributed by atoms with Crippen molar-refractivity contribution in [3.63, 3.8) is 0 Å². The van der Waals surface area contributed by atoms with Crippen molar-refractivity contribution in [1.29, 1.82) is 0 Å². The minimum Gasteiger partial charge on any atom is -0.493 e. The molecule has 0 spiro atoms. The maximum Gasteiger partial charge on any atom is 0.167 e. The molecule has 18 heavy (non-hydrogen) atoms. The van der Waals surface area contributed by atoms with Crippen LogP contribution in [0.25, 0.3) is 11.3 Å². The van der Waals surface area contributed by atoms with E-state index in [0.29, 0.717) is 23.8 Å². The van der Waals surface area contributed by atoms with Crippen molar-refractivity contribution in [2.24, 2.45) is 5.73 Å². The summed E-state index contributed by atoms with van der Waals surface area (Å²) in [7, 11) is 3.19. The number of nitrogens with zero attached hydrogens (tertiary/aromatic N) is 1. The number of benzene rings is 1. The largest absolute Gasteiger partial charge is 0.493 e. The Bertz CT molecular complexity index is 514. The van der Waals surface area contributed by atoms with Crippen molar-refractivity contribution >= 4 is 12.4 Å². The van der Waals surface area contributed by atoms with Gasteiger partial charge in [0.25, 0.3) is 0 Å². The second kappa shape index (κ2) is 6.28. The highest BCUT2D eigenvalue weighted by Crippen LogP contribution is 2.32. The Kier molecular flexibility index (Phi) is 5.00. The second-order valence-electron chi connectivity index (χ2n) is 3.46. The van der Waals surface area contributed by atoms with Gasteiger partial charge in [-0.3, -0.25) is 0 Å². The van der Waals surface area contributed by atoms with E-state index in [9.17, 15) is 0 Å². The smallest absolute Gasteiger partial charge is 0.167 e. The van der Waals surface area contributed by atoms with Crippen LogP contribution in [0, 0.1) is 0 Å². The number of aromatic nitrogens is 1. The SMILES string of the molecule is COc1ccc(-c2cc(CN)no2)cc1OC.Cl. The Hall–Kier alpha value is -1.72. The Morgan fingerprint density at radius 1 is 1.17 bits per heavy atom. The predicted molar refractivity (Wildman–Crippen MR) is 70.2 cm³/mol. The van der Waals surface area contributed by atoms with Crippen LogP contribution < -0.4 is 15.2 Å². The quantitative estimate of drug-likeness (QED) is 0.923. The molecule has 0 saturated heterocycles. The minimum absolute atomic E-state index is 0. The van der Waals surface area contributed by atoms with E-state index in [2.05, 4.69) is 5.16 Å². The lowest BCUT2D eigenvalue weighted by atomic mass is 10.1. The van der Waals surface area contributed by atoms with Crippen LogP contribution >= 0.6 is 12.4 Å². The van der Waals surface area contributed by atoms with Crippen LogP contribution in [-0.4, -0.2) is 19.4 Å². The molecule has 0 fully saturated rings. The highest BCUT2D eigenvalue weighted by Gasteiger charge is 2.10. The third kappa shape index (κ3) is 2.75. The summed E-state index contributed by atoms with van der Waals surface area (Å²) in [5, 5.41) is 3.84. The molecule has 2 N–H and O–H groups in total. The van der Waals surface area contributed by atoms with Gasteiger partial charge in [0.1, 0.15) is 0 Å². The van der Waals surface area contributed by atoms with Crippen LogP contribution in [0.4, 0.5) is 0 Å². The van der Waals surface area contributed by atoms with E-state index >= 15 is 0 Å². The average Bonchev–Trinajstić information content (AvgIpc) is 2.86. The number of hydrogen-bond acceptors (Lipinski definition) is 5. The van der Waals surface area contributed by atoms with E-state index in [1.165, 1.54) is 0 Å². The molecular weight excluding hydrogens is 256 g/mol. The van der Waals surface area contributed by atoms with E-state index < -0.39 is 0 Å². The van der Waals surface area contributed by atoms with Gasteiger partial charge in [-0.05, 0) is 18.2 Å². The third-order valence-electron chi connectivity index (χ3n) is 2.44. The highest BCUT2D eigenvalue weighted by molar-refractivity contribution is 5.85. The van der Waals surface area contributed by atoms with Crippen molar-refractivity contribution < 1.29 is 14.0 Å². The monoisotopic (exact) mass is 270 g/mol. The number of methoxy groups -OCH3 is 2. The second-order valence-corrected chi connectivity index (χ2v) is 3.46. The van der Waals surface area contributed by atoms with Gasteiger partial charge in [0.05, 0.1) is 19.9 Å². The first-order valence-electron chi connectivity index (χ1n) is 5.16. The Labute approximate surface area is 111 Å². The normalized spacial score (nSPS) is 9.72. The fraction of sp³-hybridized carbons (Fsp3) is 0.250. The summed E-state index contributed by atoms with van der Waals surface area (Å²) in [6.07, 6.45) is 0. The van der Waals surface area contributed by atoms with Crippen LogP contribution in [0.2, 0.25) is 0 Å². The van der Waals surface area contributed by atoms with Crippen LogP contribution in [-0.2, 0) is 6.54 Å². The van der Waals surface area contributed by atoms with Crippen LogP contribution in [0.3, 0.4) is 0 Å². The summed E-state index contributed by atoms with van der Waals surface area (Å²) < 4.78 is 15.6. The molecule has 0 radical (unpaired) electrons. The van der Waals surface area contributed by atoms with Crippen molar-refractivity contribution in [1.82, 2.24) is 5.16 Å². The van der Waals surface area contributed by atoms with Gasteiger partial charge in [-0.25, -0.2) is 0 Å². The molecule has 0 aliphatic heterocycles. The predicted octanol–water partition coefficient (Wildman–Crippen LogP) is 2.24. The lowest BCUT2D eigenvalue weighted by molar-refractivity contribution is 0.355. The molecule has 2 aromatic rings. The lowest BCUT2D eigenvalue weighted by Crippen LogP contribution is -1.94. The van der Waals surface area contributed by atoms with Gasteiger partial charge >= 0.3 is 0 Å². The van der Waals surface area contributed by atoms with Gasteiger partial charge in [0, 0.05) is 18.2 Å². The maximum absolute atomic E-state index is 5.48. The van der Waals surface area contributed by atoms with Crippen LogP contribution in [0.5, 0.6) is 11.5 Å². The summed E-state index contributed by atoms with van der Waals surface area (Å²) in [5.41, 5.74) is 7.06. The fourth-order valence-electron chi connectivity index (χ4n) is 1.53. The standard InChI is InChI=1S/C12H14N2O3.ClH/c1-15-10-4-3-8(5-12(10)16-2)11-6-9(7-13)14-17-11;/h3-6H,7,13H2,1-2H3;1H. The van der Waals surface area contributed by atoms with Gasteiger partial charge in [0.2, 0.25) is 0 Å². The van der Waals surface area contributed by atoms with Gasteiger partial charge in [-0.15, -0.1) is 12.4 Å². The molecule has 1 heterocycles. The Morgan fingerprint density at radius 3 is 2.44 bits per heavy atom. The number of ether oxygens (including phenoxy) is 2. The molecule has 0 bridgehead atoms. The first kappa shape index (κ1) is 14.3.